The molecule has 3 rings (SSSR count). The molecule has 5 nitrogen and oxygen atoms in total. The van der Waals surface area contributed by atoms with Crippen molar-refractivity contribution in [2.45, 2.75) is 40.5 Å². The Hall–Kier alpha value is -2.95. The van der Waals surface area contributed by atoms with E-state index in [2.05, 4.69) is 47.6 Å². The van der Waals surface area contributed by atoms with Crippen LogP contribution in [0.1, 0.15) is 39.3 Å². The molecule has 134 valence electrons. The van der Waals surface area contributed by atoms with Gasteiger partial charge in [0.25, 0.3) is 0 Å². The predicted molar refractivity (Wildman–Crippen MR) is 101 cm³/mol. The number of nitrogens with zero attached hydrogens (tertiary/aromatic N) is 2. The summed E-state index contributed by atoms with van der Waals surface area (Å²) in [5.74, 6) is 0.313. The Morgan fingerprint density at radius 1 is 0.962 bits per heavy atom. The van der Waals surface area contributed by atoms with E-state index in [1.807, 2.05) is 32.0 Å². The number of aromatic nitrogens is 2. The van der Waals surface area contributed by atoms with E-state index in [4.69, 9.17) is 4.42 Å². The highest BCUT2D eigenvalue weighted by molar-refractivity contribution is 5.90. The Bertz CT molecular complexity index is 944. The average molecular weight is 349 g/mol. The minimum Gasteiger partial charge on any atom is -0.407 e. The third-order valence-corrected chi connectivity index (χ3v) is 4.49. The van der Waals surface area contributed by atoms with E-state index in [9.17, 15) is 4.79 Å². The lowest BCUT2D eigenvalue weighted by Crippen LogP contribution is -2.15. The summed E-state index contributed by atoms with van der Waals surface area (Å²) < 4.78 is 5.56. The van der Waals surface area contributed by atoms with Crippen LogP contribution in [0.2, 0.25) is 0 Å². The number of carbonyl (C=O) groups is 1. The van der Waals surface area contributed by atoms with Crippen molar-refractivity contribution in [2.75, 3.05) is 5.32 Å². The third kappa shape index (κ3) is 4.36. The Morgan fingerprint density at radius 3 is 2.50 bits per heavy atom. The van der Waals surface area contributed by atoms with Crippen molar-refractivity contribution in [3.05, 3.63) is 75.7 Å². The van der Waals surface area contributed by atoms with Crippen molar-refractivity contribution >= 4 is 11.9 Å². The fraction of sp³-hybridized carbons (Fsp3) is 0.286. The molecular weight excluding hydrogens is 326 g/mol. The average Bonchev–Trinajstić information content (AvgIpc) is 3.00. The summed E-state index contributed by atoms with van der Waals surface area (Å²) in [6, 6.07) is 12.4. The second-order valence-electron chi connectivity index (χ2n) is 6.75. The van der Waals surface area contributed by atoms with E-state index >= 15 is 0 Å². The Labute approximate surface area is 153 Å². The third-order valence-electron chi connectivity index (χ3n) is 4.49. The quantitative estimate of drug-likeness (QED) is 0.754. The van der Waals surface area contributed by atoms with E-state index in [-0.39, 0.29) is 18.3 Å². The van der Waals surface area contributed by atoms with Crippen molar-refractivity contribution < 1.29 is 9.21 Å². The predicted octanol–water partition coefficient (Wildman–Crippen LogP) is 4.08. The molecule has 0 radical (unpaired) electrons. The van der Waals surface area contributed by atoms with Gasteiger partial charge in [-0.15, -0.1) is 5.10 Å². The van der Waals surface area contributed by atoms with Gasteiger partial charge in [-0.3, -0.25) is 10.1 Å². The second-order valence-corrected chi connectivity index (χ2v) is 6.75. The molecule has 3 aromatic rings. The summed E-state index contributed by atoms with van der Waals surface area (Å²) in [7, 11) is 0. The fourth-order valence-electron chi connectivity index (χ4n) is 2.84. The highest BCUT2D eigenvalue weighted by Crippen LogP contribution is 2.16. The van der Waals surface area contributed by atoms with Gasteiger partial charge in [-0.05, 0) is 55.5 Å². The molecule has 1 heterocycles. The topological polar surface area (TPSA) is 68.0 Å². The van der Waals surface area contributed by atoms with Crippen LogP contribution in [0.15, 0.2) is 40.8 Å². The lowest BCUT2D eigenvalue weighted by Gasteiger charge is -2.06. The van der Waals surface area contributed by atoms with Crippen LogP contribution in [-0.2, 0) is 17.6 Å². The molecule has 0 aliphatic heterocycles. The zero-order valence-electron chi connectivity index (χ0n) is 15.6. The van der Waals surface area contributed by atoms with E-state index in [1.165, 1.54) is 16.7 Å². The van der Waals surface area contributed by atoms with Gasteiger partial charge >= 0.3 is 6.01 Å². The van der Waals surface area contributed by atoms with Gasteiger partial charge in [0, 0.05) is 0 Å². The van der Waals surface area contributed by atoms with Crippen molar-refractivity contribution in [2.24, 2.45) is 0 Å². The maximum Gasteiger partial charge on any atom is 0.322 e. The summed E-state index contributed by atoms with van der Waals surface area (Å²) in [6.07, 6.45) is 0.821. The van der Waals surface area contributed by atoms with Crippen molar-refractivity contribution in [3.63, 3.8) is 0 Å². The first-order valence-electron chi connectivity index (χ1n) is 8.65. The molecule has 0 saturated heterocycles. The first kappa shape index (κ1) is 17.9. The van der Waals surface area contributed by atoms with Gasteiger partial charge in [-0.2, -0.15) is 0 Å². The first-order valence-corrected chi connectivity index (χ1v) is 8.65. The van der Waals surface area contributed by atoms with Crippen LogP contribution < -0.4 is 5.32 Å². The molecule has 1 aromatic heterocycles. The number of anilines is 1. The van der Waals surface area contributed by atoms with Gasteiger partial charge < -0.3 is 4.42 Å². The summed E-state index contributed by atoms with van der Waals surface area (Å²) in [5.41, 5.74) is 6.84. The normalized spacial score (nSPS) is 10.8. The van der Waals surface area contributed by atoms with E-state index < -0.39 is 0 Å². The van der Waals surface area contributed by atoms with Crippen LogP contribution in [0.5, 0.6) is 0 Å². The molecular formula is C21H23N3O2. The van der Waals surface area contributed by atoms with Gasteiger partial charge in [0.1, 0.15) is 0 Å². The number of rotatable bonds is 5. The lowest BCUT2D eigenvalue weighted by atomic mass is 10.0. The second kappa shape index (κ2) is 7.52. The minimum absolute atomic E-state index is 0.138. The van der Waals surface area contributed by atoms with Crippen LogP contribution in [0.3, 0.4) is 0 Å². The smallest absolute Gasteiger partial charge is 0.322 e. The maximum absolute atomic E-state index is 12.2. The summed E-state index contributed by atoms with van der Waals surface area (Å²) in [6.45, 7) is 8.19. The number of hydrogen-bond acceptors (Lipinski definition) is 4. The Kier molecular flexibility index (Phi) is 5.16. The van der Waals surface area contributed by atoms with Crippen LogP contribution >= 0.6 is 0 Å². The van der Waals surface area contributed by atoms with Gasteiger partial charge in [0.05, 0.1) is 12.8 Å². The highest BCUT2D eigenvalue weighted by atomic mass is 16.4. The van der Waals surface area contributed by atoms with Gasteiger partial charge in [-0.1, -0.05) is 47.1 Å². The summed E-state index contributed by atoms with van der Waals surface area (Å²) in [4.78, 5) is 12.2. The molecule has 0 aliphatic rings. The number of benzene rings is 2. The molecule has 26 heavy (non-hydrogen) atoms. The molecule has 0 aliphatic carbocycles. The van der Waals surface area contributed by atoms with E-state index in [0.29, 0.717) is 12.3 Å². The number of nitrogens with one attached hydrogen (secondary N) is 1. The Balaban J connectivity index is 1.62. The lowest BCUT2D eigenvalue weighted by molar-refractivity contribution is -0.115. The summed E-state index contributed by atoms with van der Waals surface area (Å²) in [5, 5.41) is 10.6. The molecule has 0 spiro atoms. The zero-order valence-corrected chi connectivity index (χ0v) is 15.6. The fourth-order valence-corrected chi connectivity index (χ4v) is 2.84. The van der Waals surface area contributed by atoms with Gasteiger partial charge in [0.15, 0.2) is 0 Å². The first-order chi connectivity index (χ1) is 12.4. The molecule has 2 aromatic carbocycles. The number of amides is 1. The van der Waals surface area contributed by atoms with E-state index in [0.717, 1.165) is 16.7 Å². The van der Waals surface area contributed by atoms with Crippen molar-refractivity contribution in [1.82, 2.24) is 10.2 Å². The minimum atomic E-state index is -0.168. The molecule has 1 N–H and O–H groups in total. The molecule has 0 bridgehead atoms. The molecule has 5 heteroatoms. The Morgan fingerprint density at radius 2 is 1.77 bits per heavy atom. The largest absolute Gasteiger partial charge is 0.407 e. The van der Waals surface area contributed by atoms with Crippen molar-refractivity contribution in [1.29, 1.82) is 0 Å². The monoisotopic (exact) mass is 349 g/mol. The van der Waals surface area contributed by atoms with E-state index in [1.54, 1.807) is 0 Å². The van der Waals surface area contributed by atoms with Gasteiger partial charge in [0.2, 0.25) is 11.8 Å². The highest BCUT2D eigenvalue weighted by Gasteiger charge is 2.12. The molecule has 1 amide bonds. The van der Waals surface area contributed by atoms with Crippen LogP contribution in [0.4, 0.5) is 6.01 Å². The van der Waals surface area contributed by atoms with Crippen molar-refractivity contribution in [3.8, 4) is 0 Å². The molecule has 0 atom stereocenters. The maximum atomic E-state index is 12.2. The number of hydrogen-bond donors (Lipinski definition) is 1. The molecule has 0 fully saturated rings. The van der Waals surface area contributed by atoms with Crippen LogP contribution in [-0.4, -0.2) is 16.1 Å². The van der Waals surface area contributed by atoms with Gasteiger partial charge in [-0.25, -0.2) is 0 Å². The molecule has 0 unspecified atom stereocenters. The summed E-state index contributed by atoms with van der Waals surface area (Å²) >= 11 is 0. The SMILES string of the molecule is Cc1ccc(CC(=O)Nc2nnc(Cc3ccc(C)c(C)c3)o2)c(C)c1. The van der Waals surface area contributed by atoms with Crippen LogP contribution in [0, 0.1) is 27.7 Å². The van der Waals surface area contributed by atoms with Crippen LogP contribution in [0.25, 0.3) is 0 Å². The number of aryl methyl sites for hydroxylation is 4. The molecule has 0 saturated carbocycles. The number of carbonyl (C=O) groups excluding carboxylic acids is 1. The standard InChI is InChI=1S/C21H23N3O2/c1-13-5-8-18(16(4)9-13)12-19(25)22-21-24-23-20(26-21)11-17-7-6-14(2)15(3)10-17/h5-10H,11-12H2,1-4H3,(H,22,24,25). The zero-order chi connectivity index (χ0) is 18.7.